The molecule has 0 aromatic carbocycles. The first-order chi connectivity index (χ1) is 13.5. The van der Waals surface area contributed by atoms with Crippen molar-refractivity contribution in [1.82, 2.24) is 5.32 Å². The Bertz CT molecular complexity index is 702. The van der Waals surface area contributed by atoms with Crippen LogP contribution in [0.4, 0.5) is 0 Å². The maximum atomic E-state index is 11.9. The van der Waals surface area contributed by atoms with Gasteiger partial charge in [-0.15, -0.1) is 0 Å². The third-order valence-corrected chi connectivity index (χ3v) is 5.54. The van der Waals surface area contributed by atoms with Crippen LogP contribution in [0.2, 0.25) is 0 Å². The fourth-order valence-corrected chi connectivity index (χ4v) is 3.76. The van der Waals surface area contributed by atoms with Crippen molar-refractivity contribution in [2.45, 2.75) is 80.2 Å². The molecular weight excluding hydrogens is 356 g/mol. The number of hydrogen-bond acceptors (Lipinski definition) is 2. The lowest BCUT2D eigenvalue weighted by Gasteiger charge is -2.32. The molecule has 3 nitrogen and oxygen atoms in total. The topological polar surface area (TPSA) is 55.1 Å². The van der Waals surface area contributed by atoms with Crippen molar-refractivity contribution in [3.63, 3.8) is 0 Å². The second-order valence-corrected chi connectivity index (χ2v) is 9.46. The zero-order valence-corrected chi connectivity index (χ0v) is 19.6. The number of allylic oxidation sites excluding steroid dienone is 9. The summed E-state index contributed by atoms with van der Waals surface area (Å²) in [5.41, 5.74) is 11.5. The van der Waals surface area contributed by atoms with Gasteiger partial charge < -0.3 is 11.1 Å². The van der Waals surface area contributed by atoms with Crippen molar-refractivity contribution in [2.75, 3.05) is 6.54 Å². The van der Waals surface area contributed by atoms with E-state index in [0.717, 1.165) is 5.57 Å². The average molecular weight is 399 g/mol. The highest BCUT2D eigenvalue weighted by atomic mass is 16.2. The second kappa shape index (κ2) is 12.0. The van der Waals surface area contributed by atoms with E-state index >= 15 is 0 Å². The van der Waals surface area contributed by atoms with Gasteiger partial charge in [-0.25, -0.2) is 0 Å². The van der Waals surface area contributed by atoms with Gasteiger partial charge in [-0.1, -0.05) is 80.9 Å². The van der Waals surface area contributed by atoms with Crippen LogP contribution in [0, 0.1) is 11.3 Å². The maximum Gasteiger partial charge on any atom is 0.237 e. The van der Waals surface area contributed by atoms with Crippen LogP contribution >= 0.6 is 0 Å². The lowest BCUT2D eigenvalue weighted by Crippen LogP contribution is -2.41. The molecule has 0 unspecified atom stereocenters. The number of amides is 1. The summed E-state index contributed by atoms with van der Waals surface area (Å²) in [6, 6.07) is -0.426. The molecule has 0 radical (unpaired) electrons. The Kier molecular flexibility index (Phi) is 10.4. The van der Waals surface area contributed by atoms with E-state index in [1.807, 2.05) is 13.0 Å². The van der Waals surface area contributed by atoms with Crippen LogP contribution in [0.25, 0.3) is 0 Å². The molecule has 3 heteroatoms. The summed E-state index contributed by atoms with van der Waals surface area (Å²) in [7, 11) is 0. The zero-order valence-electron chi connectivity index (χ0n) is 19.6. The van der Waals surface area contributed by atoms with Crippen LogP contribution in [0.1, 0.15) is 74.1 Å². The molecule has 1 aliphatic rings. The molecule has 0 aromatic rings. The standard InChI is InChI=1S/C26H42N2O/c1-19(2)18-24(27)25(29)28-17-15-21(4)11-8-10-20(3)13-14-23-22(5)12-9-16-26(23,6)7/h8,10-11,13-15,19,24H,9,12,16-18,27H2,1-7H3,(H,28,29)/t24-/m0/s1. The van der Waals surface area contributed by atoms with Crippen LogP contribution in [-0.4, -0.2) is 18.5 Å². The number of rotatable bonds is 9. The van der Waals surface area contributed by atoms with Crippen LogP contribution in [0.3, 0.4) is 0 Å². The minimum atomic E-state index is -0.426. The van der Waals surface area contributed by atoms with E-state index in [-0.39, 0.29) is 11.3 Å². The Hall–Kier alpha value is -1.87. The van der Waals surface area contributed by atoms with Gasteiger partial charge in [0.15, 0.2) is 0 Å². The number of nitrogens with one attached hydrogen (secondary N) is 1. The highest BCUT2D eigenvalue weighted by Gasteiger charge is 2.26. The predicted molar refractivity (Wildman–Crippen MR) is 127 cm³/mol. The van der Waals surface area contributed by atoms with Crippen molar-refractivity contribution >= 4 is 5.91 Å². The lowest BCUT2D eigenvalue weighted by molar-refractivity contribution is -0.122. The van der Waals surface area contributed by atoms with Gasteiger partial charge in [0.25, 0.3) is 0 Å². The molecule has 0 aliphatic heterocycles. The van der Waals surface area contributed by atoms with Crippen LogP contribution < -0.4 is 11.1 Å². The van der Waals surface area contributed by atoms with E-state index in [1.54, 1.807) is 0 Å². The third kappa shape index (κ3) is 9.45. The van der Waals surface area contributed by atoms with Gasteiger partial charge in [0, 0.05) is 6.54 Å². The summed E-state index contributed by atoms with van der Waals surface area (Å²) in [5, 5.41) is 2.88. The summed E-state index contributed by atoms with van der Waals surface area (Å²) < 4.78 is 0. The molecule has 0 saturated heterocycles. The number of nitrogens with two attached hydrogens (primary N) is 1. The summed E-state index contributed by atoms with van der Waals surface area (Å²) >= 11 is 0. The number of hydrogen-bond donors (Lipinski definition) is 2. The number of carbonyl (C=O) groups is 1. The minimum Gasteiger partial charge on any atom is -0.351 e. The monoisotopic (exact) mass is 398 g/mol. The molecule has 1 amide bonds. The molecule has 0 spiro atoms. The highest BCUT2D eigenvalue weighted by molar-refractivity contribution is 5.81. The SMILES string of the molecule is CC(C=CC1=C(C)CCCC1(C)C)=CC=CC(C)=CCNC(=O)[C@@H](N)CC(C)C. The number of carbonyl (C=O) groups excluding carboxylic acids is 1. The van der Waals surface area contributed by atoms with E-state index in [4.69, 9.17) is 5.73 Å². The van der Waals surface area contributed by atoms with E-state index in [2.05, 4.69) is 77.2 Å². The molecule has 0 aromatic heterocycles. The highest BCUT2D eigenvalue weighted by Crippen LogP contribution is 2.40. The van der Waals surface area contributed by atoms with Gasteiger partial charge in [-0.05, 0) is 63.4 Å². The minimum absolute atomic E-state index is 0.0807. The second-order valence-electron chi connectivity index (χ2n) is 9.46. The van der Waals surface area contributed by atoms with E-state index in [0.29, 0.717) is 18.9 Å². The molecule has 0 heterocycles. The van der Waals surface area contributed by atoms with Crippen molar-refractivity contribution in [3.05, 3.63) is 58.7 Å². The van der Waals surface area contributed by atoms with E-state index in [9.17, 15) is 4.79 Å². The first-order valence-corrected chi connectivity index (χ1v) is 11.0. The van der Waals surface area contributed by atoms with Crippen molar-refractivity contribution in [2.24, 2.45) is 17.1 Å². The van der Waals surface area contributed by atoms with Gasteiger partial charge >= 0.3 is 0 Å². The molecule has 0 bridgehead atoms. The first-order valence-electron chi connectivity index (χ1n) is 11.0. The van der Waals surface area contributed by atoms with Crippen LogP contribution in [-0.2, 0) is 4.79 Å². The predicted octanol–water partition coefficient (Wildman–Crippen LogP) is 6.01. The Balaban J connectivity index is 2.56. The molecule has 1 rings (SSSR count). The molecule has 162 valence electrons. The first kappa shape index (κ1) is 25.2. The van der Waals surface area contributed by atoms with Crippen molar-refractivity contribution in [1.29, 1.82) is 0 Å². The van der Waals surface area contributed by atoms with Crippen LogP contribution in [0.15, 0.2) is 58.7 Å². The Morgan fingerprint density at radius 1 is 1.21 bits per heavy atom. The molecule has 29 heavy (non-hydrogen) atoms. The fourth-order valence-electron chi connectivity index (χ4n) is 3.76. The fraction of sp³-hybridized carbons (Fsp3) is 0.577. The quantitative estimate of drug-likeness (QED) is 0.467. The van der Waals surface area contributed by atoms with Gasteiger partial charge in [-0.2, -0.15) is 0 Å². The van der Waals surface area contributed by atoms with Gasteiger partial charge in [0.2, 0.25) is 5.91 Å². The average Bonchev–Trinajstić information content (AvgIpc) is 2.60. The molecule has 0 saturated carbocycles. The van der Waals surface area contributed by atoms with Gasteiger partial charge in [0.1, 0.15) is 0 Å². The maximum absolute atomic E-state index is 11.9. The largest absolute Gasteiger partial charge is 0.351 e. The Morgan fingerprint density at radius 2 is 1.90 bits per heavy atom. The van der Waals surface area contributed by atoms with Gasteiger partial charge in [0.05, 0.1) is 6.04 Å². The molecule has 1 aliphatic carbocycles. The Morgan fingerprint density at radius 3 is 2.52 bits per heavy atom. The van der Waals surface area contributed by atoms with Crippen LogP contribution in [0.5, 0.6) is 0 Å². The van der Waals surface area contributed by atoms with Gasteiger partial charge in [-0.3, -0.25) is 4.79 Å². The smallest absolute Gasteiger partial charge is 0.237 e. The molecule has 1 atom stereocenters. The van der Waals surface area contributed by atoms with Crippen molar-refractivity contribution < 1.29 is 4.79 Å². The summed E-state index contributed by atoms with van der Waals surface area (Å²) in [5.74, 6) is 0.340. The third-order valence-electron chi connectivity index (χ3n) is 5.54. The normalized spacial score (nSPS) is 19.5. The molecule has 0 fully saturated rings. The van der Waals surface area contributed by atoms with E-state index < -0.39 is 6.04 Å². The summed E-state index contributed by atoms with van der Waals surface area (Å²) in [6.07, 6.45) is 17.2. The lowest BCUT2D eigenvalue weighted by atomic mass is 9.72. The Labute approximate surface area is 178 Å². The summed E-state index contributed by atoms with van der Waals surface area (Å²) in [4.78, 5) is 11.9. The molecule has 3 N–H and O–H groups in total. The van der Waals surface area contributed by atoms with E-state index in [1.165, 1.54) is 36.0 Å². The zero-order chi connectivity index (χ0) is 22.0. The summed E-state index contributed by atoms with van der Waals surface area (Å²) in [6.45, 7) is 15.8. The van der Waals surface area contributed by atoms with Crippen molar-refractivity contribution in [3.8, 4) is 0 Å². The molecular formula is C26H42N2O.